The van der Waals surface area contributed by atoms with E-state index < -0.39 is 20.0 Å². The van der Waals surface area contributed by atoms with Crippen molar-refractivity contribution in [3.8, 4) is 0 Å². The molecule has 0 aliphatic heterocycles. The highest BCUT2D eigenvalue weighted by atomic mass is 31.2. The molecule has 0 aromatic carbocycles. The van der Waals surface area contributed by atoms with E-state index in [4.69, 9.17) is 13.8 Å². The van der Waals surface area contributed by atoms with Gasteiger partial charge in [-0.25, -0.2) is 4.57 Å². The van der Waals surface area contributed by atoms with Crippen molar-refractivity contribution in [2.75, 3.05) is 40.9 Å². The Kier molecular flexibility index (Phi) is 45.7. The predicted molar refractivity (Wildman–Crippen MR) is 282 cm³/mol. The van der Waals surface area contributed by atoms with E-state index >= 15 is 0 Å². The zero-order valence-corrected chi connectivity index (χ0v) is 45.1. The van der Waals surface area contributed by atoms with Crippen molar-refractivity contribution in [2.45, 2.75) is 270 Å². The topological polar surface area (TPSA) is 111 Å². The van der Waals surface area contributed by atoms with Crippen molar-refractivity contribution in [1.82, 2.24) is 5.32 Å². The molecule has 3 unspecified atom stereocenters. The number of nitrogens with one attached hydrogen (secondary N) is 1. The minimum atomic E-state index is -4.44. The third kappa shape index (κ3) is 47.3. The van der Waals surface area contributed by atoms with Gasteiger partial charge in [0.2, 0.25) is 5.91 Å². The summed E-state index contributed by atoms with van der Waals surface area (Å²) in [6, 6.07) is -0.845. The van der Waals surface area contributed by atoms with Gasteiger partial charge in [0.1, 0.15) is 19.3 Å². The molecule has 0 spiro atoms. The number of hydrogen-bond donors (Lipinski definition) is 2. The van der Waals surface area contributed by atoms with Crippen molar-refractivity contribution in [2.24, 2.45) is 0 Å². The smallest absolute Gasteiger partial charge is 0.456 e. The number of esters is 1. The molecular weight excluding hydrogens is 844 g/mol. The third-order valence-electron chi connectivity index (χ3n) is 12.3. The number of carbonyl (C=O) groups excluding carboxylic acids is 2. The van der Waals surface area contributed by atoms with Crippen LogP contribution in [0.1, 0.15) is 258 Å². The number of ether oxygens (including phenoxy) is 1. The number of phosphoric acid groups is 1. The van der Waals surface area contributed by atoms with Crippen molar-refractivity contribution >= 4 is 19.7 Å². The lowest BCUT2D eigenvalue weighted by Crippen LogP contribution is -2.47. The number of quaternary nitrogens is 1. The summed E-state index contributed by atoms with van der Waals surface area (Å²) >= 11 is 0. The van der Waals surface area contributed by atoms with Crippen molar-refractivity contribution < 1.29 is 37.3 Å². The van der Waals surface area contributed by atoms with E-state index in [1.165, 1.54) is 141 Å². The van der Waals surface area contributed by atoms with Crippen LogP contribution in [0.15, 0.2) is 36.5 Å². The molecule has 0 rings (SSSR count). The standard InChI is InChI=1S/C56H107N2O7P/c1-7-10-13-16-19-22-25-28-30-33-36-39-42-45-48-55(59)57-53(52-64-66(61,62)63-51-50-58(4,5)6)54(47-44-41-38-35-32-27-24-21-18-15-12-9-3)65-56(60)49-46-43-40-37-34-31-29-26-23-20-17-14-11-8-2/h11,14,20,23,44,47,53-54H,7-10,12-13,15-19,21-22,24-43,45-46,48-52H2,1-6H3,(H-,57,59,61,62)/p+1/b14-11+,23-20+,47-44+. The maximum atomic E-state index is 13.5. The molecule has 0 aromatic rings. The van der Waals surface area contributed by atoms with Crippen LogP contribution in [0, 0.1) is 0 Å². The van der Waals surface area contributed by atoms with E-state index in [1.807, 2.05) is 33.3 Å². The lowest BCUT2D eigenvalue weighted by atomic mass is 10.0. The Balaban J connectivity index is 5.37. The number of carbonyl (C=O) groups is 2. The molecule has 0 heterocycles. The van der Waals surface area contributed by atoms with E-state index in [1.54, 1.807) is 0 Å². The zero-order chi connectivity index (χ0) is 48.7. The summed E-state index contributed by atoms with van der Waals surface area (Å²) in [7, 11) is 1.50. The molecule has 1 amide bonds. The summed E-state index contributed by atoms with van der Waals surface area (Å²) in [6.45, 7) is 6.91. The van der Waals surface area contributed by atoms with Gasteiger partial charge in [0.05, 0.1) is 33.8 Å². The molecule has 3 atom stereocenters. The van der Waals surface area contributed by atoms with Gasteiger partial charge in [-0.3, -0.25) is 18.6 Å². The van der Waals surface area contributed by atoms with Crippen LogP contribution in [-0.2, 0) is 27.9 Å². The van der Waals surface area contributed by atoms with E-state index in [-0.39, 0.29) is 31.5 Å². The van der Waals surface area contributed by atoms with Crippen LogP contribution in [0.2, 0.25) is 0 Å². The third-order valence-corrected chi connectivity index (χ3v) is 13.3. The summed E-state index contributed by atoms with van der Waals surface area (Å²) < 4.78 is 30.6. The van der Waals surface area contributed by atoms with Gasteiger partial charge in [0.15, 0.2) is 0 Å². The van der Waals surface area contributed by atoms with E-state index in [0.717, 1.165) is 83.5 Å². The van der Waals surface area contributed by atoms with Gasteiger partial charge in [-0.05, 0) is 57.4 Å². The Morgan fingerprint density at radius 2 is 0.970 bits per heavy atom. The molecule has 388 valence electrons. The summed E-state index contributed by atoms with van der Waals surface area (Å²) in [5.74, 6) is -0.507. The fourth-order valence-corrected chi connectivity index (χ4v) is 8.77. The van der Waals surface area contributed by atoms with Crippen molar-refractivity contribution in [3.63, 3.8) is 0 Å². The van der Waals surface area contributed by atoms with Gasteiger partial charge < -0.3 is 19.4 Å². The first kappa shape index (κ1) is 64.2. The highest BCUT2D eigenvalue weighted by Gasteiger charge is 2.30. The van der Waals surface area contributed by atoms with Gasteiger partial charge in [0.25, 0.3) is 0 Å². The largest absolute Gasteiger partial charge is 0.472 e. The quantitative estimate of drug-likeness (QED) is 0.0205. The molecule has 0 saturated carbocycles. The molecule has 0 fully saturated rings. The van der Waals surface area contributed by atoms with Crippen LogP contribution in [0.3, 0.4) is 0 Å². The maximum Gasteiger partial charge on any atom is 0.472 e. The number of amides is 1. The lowest BCUT2D eigenvalue weighted by Gasteiger charge is -2.27. The fraction of sp³-hybridized carbons (Fsp3) is 0.857. The molecule has 0 saturated heterocycles. The van der Waals surface area contributed by atoms with Gasteiger partial charge in [-0.15, -0.1) is 0 Å². The molecule has 0 aliphatic rings. The van der Waals surface area contributed by atoms with Crippen LogP contribution in [-0.4, -0.2) is 74.3 Å². The lowest BCUT2D eigenvalue weighted by molar-refractivity contribution is -0.870. The molecule has 0 radical (unpaired) electrons. The normalized spacial score (nSPS) is 14.1. The van der Waals surface area contributed by atoms with Crippen LogP contribution < -0.4 is 5.32 Å². The predicted octanol–water partition coefficient (Wildman–Crippen LogP) is 16.4. The van der Waals surface area contributed by atoms with Crippen LogP contribution >= 0.6 is 7.82 Å². The first-order chi connectivity index (χ1) is 31.9. The second kappa shape index (κ2) is 46.9. The van der Waals surface area contributed by atoms with Crippen molar-refractivity contribution in [1.29, 1.82) is 0 Å². The van der Waals surface area contributed by atoms with E-state index in [0.29, 0.717) is 17.4 Å². The molecular formula is C56H108N2O7P+. The number of allylic oxidation sites excluding steroid dienone is 5. The average Bonchev–Trinajstić information content (AvgIpc) is 3.27. The molecule has 2 N–H and O–H groups in total. The summed E-state index contributed by atoms with van der Waals surface area (Å²) in [6.07, 6.45) is 54.1. The van der Waals surface area contributed by atoms with Crippen molar-refractivity contribution in [3.05, 3.63) is 36.5 Å². The Morgan fingerprint density at radius 3 is 1.44 bits per heavy atom. The number of unbranched alkanes of at least 4 members (excludes halogenated alkanes) is 30. The SMILES string of the molecule is CC/C=C/C/C=C/CCCCCCCCCC(=O)OC(/C=C/CCCCCCCCCCCC)C(COP(=O)(O)OCC[N+](C)(C)C)NC(=O)CCCCCCCCCCCCCCCC. The Morgan fingerprint density at radius 1 is 0.545 bits per heavy atom. The summed E-state index contributed by atoms with van der Waals surface area (Å²) in [5.41, 5.74) is 0. The Labute approximate surface area is 408 Å². The minimum Gasteiger partial charge on any atom is -0.456 e. The van der Waals surface area contributed by atoms with Gasteiger partial charge in [-0.1, -0.05) is 225 Å². The first-order valence-electron chi connectivity index (χ1n) is 27.8. The monoisotopic (exact) mass is 952 g/mol. The average molecular weight is 952 g/mol. The molecule has 10 heteroatoms. The Hall–Kier alpha value is -1.77. The van der Waals surface area contributed by atoms with E-state index in [2.05, 4.69) is 50.4 Å². The molecule has 0 aromatic heterocycles. The molecule has 0 bridgehead atoms. The minimum absolute atomic E-state index is 0.0408. The first-order valence-corrected chi connectivity index (χ1v) is 29.3. The second-order valence-corrected chi connectivity index (χ2v) is 21.5. The fourth-order valence-electron chi connectivity index (χ4n) is 8.04. The summed E-state index contributed by atoms with van der Waals surface area (Å²) in [5, 5.41) is 3.04. The molecule has 9 nitrogen and oxygen atoms in total. The van der Waals surface area contributed by atoms with Crippen LogP contribution in [0.4, 0.5) is 0 Å². The van der Waals surface area contributed by atoms with Crippen LogP contribution in [0.5, 0.6) is 0 Å². The highest BCUT2D eigenvalue weighted by molar-refractivity contribution is 7.47. The molecule has 0 aliphatic carbocycles. The summed E-state index contributed by atoms with van der Waals surface area (Å²) in [4.78, 5) is 37.5. The Bertz CT molecular complexity index is 1230. The highest BCUT2D eigenvalue weighted by Crippen LogP contribution is 2.43. The molecule has 66 heavy (non-hydrogen) atoms. The zero-order valence-electron chi connectivity index (χ0n) is 44.2. The second-order valence-electron chi connectivity index (χ2n) is 20.1. The number of nitrogens with zero attached hydrogens (tertiary/aromatic N) is 1. The number of rotatable bonds is 50. The maximum absolute atomic E-state index is 13.5. The number of phosphoric ester groups is 1. The van der Waals surface area contributed by atoms with Crippen LogP contribution in [0.25, 0.3) is 0 Å². The van der Waals surface area contributed by atoms with Gasteiger partial charge >= 0.3 is 13.8 Å². The number of likely N-dealkylation sites (N-methyl/N-ethyl adjacent to an activating group) is 1. The number of hydrogen-bond acceptors (Lipinski definition) is 6. The van der Waals surface area contributed by atoms with Gasteiger partial charge in [-0.2, -0.15) is 0 Å². The van der Waals surface area contributed by atoms with E-state index in [9.17, 15) is 19.0 Å². The van der Waals surface area contributed by atoms with Gasteiger partial charge in [0, 0.05) is 12.8 Å².